The first kappa shape index (κ1) is 15.6. The van der Waals surface area contributed by atoms with Crippen LogP contribution in [0.5, 0.6) is 0 Å². The van der Waals surface area contributed by atoms with Gasteiger partial charge >= 0.3 is 0 Å². The molecule has 0 fully saturated rings. The molecule has 0 amide bonds. The van der Waals surface area contributed by atoms with Crippen molar-refractivity contribution in [1.29, 1.82) is 0 Å². The molecule has 0 unspecified atom stereocenters. The number of nitrogens with zero attached hydrogens (tertiary/aromatic N) is 3. The summed E-state index contributed by atoms with van der Waals surface area (Å²) in [4.78, 5) is 0. The summed E-state index contributed by atoms with van der Waals surface area (Å²) in [6, 6.07) is 6.41. The van der Waals surface area contributed by atoms with Crippen molar-refractivity contribution in [1.82, 2.24) is 15.0 Å². The maximum atomic E-state index is 13.0. The van der Waals surface area contributed by atoms with Crippen LogP contribution in [0, 0.1) is 5.82 Å². The monoisotopic (exact) mass is 291 g/mol. The van der Waals surface area contributed by atoms with Crippen LogP contribution < -0.4 is 0 Å². The summed E-state index contributed by atoms with van der Waals surface area (Å²) >= 11 is 0. The Labute approximate surface area is 124 Å². The Morgan fingerprint density at radius 1 is 1.14 bits per heavy atom. The van der Waals surface area contributed by atoms with Crippen molar-refractivity contribution in [2.45, 2.75) is 52.2 Å². The van der Waals surface area contributed by atoms with E-state index in [4.69, 9.17) is 0 Å². The molecule has 1 N–H and O–H groups in total. The lowest BCUT2D eigenvalue weighted by Crippen LogP contribution is -2.07. The van der Waals surface area contributed by atoms with Crippen molar-refractivity contribution >= 4 is 0 Å². The van der Waals surface area contributed by atoms with Gasteiger partial charge in [0.25, 0.3) is 0 Å². The maximum absolute atomic E-state index is 13.0. The lowest BCUT2D eigenvalue weighted by molar-refractivity contribution is 0.275. The van der Waals surface area contributed by atoms with Gasteiger partial charge in [0.2, 0.25) is 0 Å². The van der Waals surface area contributed by atoms with Gasteiger partial charge in [0.1, 0.15) is 11.5 Å². The minimum atomic E-state index is -0.243. The maximum Gasteiger partial charge on any atom is 0.123 e. The van der Waals surface area contributed by atoms with E-state index in [-0.39, 0.29) is 12.4 Å². The summed E-state index contributed by atoms with van der Waals surface area (Å²) in [7, 11) is 0. The number of benzene rings is 1. The fraction of sp³-hybridized carbons (Fsp3) is 0.500. The topological polar surface area (TPSA) is 50.9 Å². The van der Waals surface area contributed by atoms with Gasteiger partial charge in [-0.15, -0.1) is 5.10 Å². The Morgan fingerprint density at radius 3 is 2.57 bits per heavy atom. The number of aliphatic hydroxyl groups excluding tert-OH is 1. The molecule has 0 aliphatic carbocycles. The van der Waals surface area contributed by atoms with Gasteiger partial charge in [0.05, 0.1) is 12.3 Å². The van der Waals surface area contributed by atoms with E-state index >= 15 is 0 Å². The van der Waals surface area contributed by atoms with Gasteiger partial charge in [-0.3, -0.25) is 0 Å². The molecule has 114 valence electrons. The van der Waals surface area contributed by atoms with E-state index in [0.717, 1.165) is 24.2 Å². The molecule has 0 saturated heterocycles. The first-order valence-electron chi connectivity index (χ1n) is 7.51. The summed E-state index contributed by atoms with van der Waals surface area (Å²) in [5.41, 5.74) is 2.51. The van der Waals surface area contributed by atoms with Crippen LogP contribution in [0.4, 0.5) is 4.39 Å². The molecule has 0 aliphatic rings. The Kier molecular flexibility index (Phi) is 5.87. The molecule has 0 aliphatic heterocycles. The van der Waals surface area contributed by atoms with E-state index in [2.05, 4.69) is 17.2 Å². The van der Waals surface area contributed by atoms with Gasteiger partial charge in [0, 0.05) is 13.0 Å². The molecule has 5 heteroatoms. The van der Waals surface area contributed by atoms with E-state index in [1.165, 1.54) is 31.4 Å². The summed E-state index contributed by atoms with van der Waals surface area (Å²) in [6.45, 7) is 2.87. The van der Waals surface area contributed by atoms with Crippen molar-refractivity contribution in [3.63, 3.8) is 0 Å². The molecule has 0 saturated carbocycles. The zero-order valence-electron chi connectivity index (χ0n) is 12.4. The lowest BCUT2D eigenvalue weighted by atomic mass is 10.1. The first-order chi connectivity index (χ1) is 10.2. The third-order valence-electron chi connectivity index (χ3n) is 3.58. The summed E-state index contributed by atoms with van der Waals surface area (Å²) in [5.74, 6) is -0.243. The Morgan fingerprint density at radius 2 is 1.90 bits per heavy atom. The zero-order valence-corrected chi connectivity index (χ0v) is 12.4. The largest absolute Gasteiger partial charge is 0.390 e. The van der Waals surface area contributed by atoms with Crippen LogP contribution >= 0.6 is 0 Å². The molecule has 0 radical (unpaired) electrons. The summed E-state index contributed by atoms with van der Waals surface area (Å²) < 4.78 is 14.8. The summed E-state index contributed by atoms with van der Waals surface area (Å²) in [5, 5.41) is 17.6. The average molecular weight is 291 g/mol. The smallest absolute Gasteiger partial charge is 0.123 e. The van der Waals surface area contributed by atoms with E-state index in [0.29, 0.717) is 12.1 Å². The second kappa shape index (κ2) is 7.88. The number of rotatable bonds is 8. The Balaban J connectivity index is 2.08. The molecule has 0 spiro atoms. The normalized spacial score (nSPS) is 11.0. The van der Waals surface area contributed by atoms with Crippen molar-refractivity contribution in [3.05, 3.63) is 47.0 Å². The van der Waals surface area contributed by atoms with Gasteiger partial charge in [-0.1, -0.05) is 43.5 Å². The van der Waals surface area contributed by atoms with Gasteiger partial charge in [-0.2, -0.15) is 0 Å². The van der Waals surface area contributed by atoms with Crippen LogP contribution in [-0.2, 0) is 19.6 Å². The zero-order chi connectivity index (χ0) is 15.1. The van der Waals surface area contributed by atoms with Crippen LogP contribution in [0.3, 0.4) is 0 Å². The van der Waals surface area contributed by atoms with Gasteiger partial charge in [-0.25, -0.2) is 9.07 Å². The molecular formula is C16H22FN3O. The molecule has 4 nitrogen and oxygen atoms in total. The first-order valence-corrected chi connectivity index (χ1v) is 7.51. The minimum Gasteiger partial charge on any atom is -0.390 e. The number of aromatic nitrogens is 3. The van der Waals surface area contributed by atoms with Crippen molar-refractivity contribution in [2.75, 3.05) is 0 Å². The number of hydrogen-bond donors (Lipinski definition) is 1. The highest BCUT2D eigenvalue weighted by Crippen LogP contribution is 2.14. The van der Waals surface area contributed by atoms with Crippen LogP contribution in [0.25, 0.3) is 0 Å². The predicted octanol–water partition coefficient (Wildman–Crippen LogP) is 3.08. The van der Waals surface area contributed by atoms with Crippen LogP contribution in [0.2, 0.25) is 0 Å². The Bertz CT molecular complexity index is 551. The van der Waals surface area contributed by atoms with E-state index in [1.807, 2.05) is 4.68 Å². The quantitative estimate of drug-likeness (QED) is 0.760. The van der Waals surface area contributed by atoms with Gasteiger partial charge in [-0.05, 0) is 24.1 Å². The van der Waals surface area contributed by atoms with Crippen LogP contribution in [-0.4, -0.2) is 20.1 Å². The number of unbranched alkanes of at least 4 members (excludes halogenated alkanes) is 3. The van der Waals surface area contributed by atoms with E-state index in [1.54, 1.807) is 12.1 Å². The highest BCUT2D eigenvalue weighted by molar-refractivity contribution is 5.24. The molecular weight excluding hydrogens is 269 g/mol. The number of aliphatic hydroxyl groups is 1. The average Bonchev–Trinajstić information content (AvgIpc) is 2.88. The fourth-order valence-corrected chi connectivity index (χ4v) is 2.35. The fourth-order valence-electron chi connectivity index (χ4n) is 2.35. The SMILES string of the molecule is CCCCCCn1nnc(CO)c1Cc1ccc(F)cc1. The standard InChI is InChI=1S/C16H22FN3O/c1-2-3-4-5-10-20-16(15(12-21)18-19-20)11-13-6-8-14(17)9-7-13/h6-9,21H,2-5,10-12H2,1H3. The van der Waals surface area contributed by atoms with Crippen molar-refractivity contribution in [2.24, 2.45) is 0 Å². The van der Waals surface area contributed by atoms with Gasteiger partial charge in [0.15, 0.2) is 0 Å². The third-order valence-corrected chi connectivity index (χ3v) is 3.58. The highest BCUT2D eigenvalue weighted by Gasteiger charge is 2.12. The second-order valence-corrected chi connectivity index (χ2v) is 5.23. The third kappa shape index (κ3) is 4.36. The number of hydrogen-bond acceptors (Lipinski definition) is 3. The van der Waals surface area contributed by atoms with E-state index < -0.39 is 0 Å². The number of aryl methyl sites for hydroxylation is 1. The second-order valence-electron chi connectivity index (χ2n) is 5.23. The Hall–Kier alpha value is -1.75. The van der Waals surface area contributed by atoms with Crippen LogP contribution in [0.15, 0.2) is 24.3 Å². The molecule has 2 aromatic rings. The minimum absolute atomic E-state index is 0.120. The molecule has 0 bridgehead atoms. The molecule has 21 heavy (non-hydrogen) atoms. The highest BCUT2D eigenvalue weighted by atomic mass is 19.1. The molecule has 1 heterocycles. The lowest BCUT2D eigenvalue weighted by Gasteiger charge is -2.08. The number of halogens is 1. The van der Waals surface area contributed by atoms with Gasteiger partial charge < -0.3 is 5.11 Å². The van der Waals surface area contributed by atoms with E-state index in [9.17, 15) is 9.50 Å². The summed E-state index contributed by atoms with van der Waals surface area (Å²) in [6.07, 6.45) is 5.24. The predicted molar refractivity (Wildman–Crippen MR) is 79.3 cm³/mol. The molecule has 1 aromatic carbocycles. The molecule has 0 atom stereocenters. The van der Waals surface area contributed by atoms with Crippen molar-refractivity contribution in [3.8, 4) is 0 Å². The van der Waals surface area contributed by atoms with Crippen LogP contribution in [0.1, 0.15) is 49.6 Å². The molecule has 1 aromatic heterocycles. The molecule has 2 rings (SSSR count). The van der Waals surface area contributed by atoms with Crippen molar-refractivity contribution < 1.29 is 9.50 Å².